The standard InChI is InChI=1S/C12H15ClN2O2/c1-15(10-4-2-9(13)3-5-10)11(16)12(6-14)7-17-8-12/h2-5H,6-8,14H2,1H3. The van der Waals surface area contributed by atoms with Crippen molar-refractivity contribution in [2.75, 3.05) is 31.7 Å². The van der Waals surface area contributed by atoms with Gasteiger partial charge in [0.2, 0.25) is 5.91 Å². The van der Waals surface area contributed by atoms with Crippen molar-refractivity contribution in [2.45, 2.75) is 0 Å². The van der Waals surface area contributed by atoms with Crippen LogP contribution in [0.5, 0.6) is 0 Å². The first kappa shape index (κ1) is 12.4. The van der Waals surface area contributed by atoms with E-state index in [4.69, 9.17) is 22.1 Å². The molecule has 5 heteroatoms. The van der Waals surface area contributed by atoms with Gasteiger partial charge in [0, 0.05) is 24.3 Å². The zero-order valence-corrected chi connectivity index (χ0v) is 10.4. The Morgan fingerprint density at radius 1 is 1.47 bits per heavy atom. The number of halogens is 1. The summed E-state index contributed by atoms with van der Waals surface area (Å²) in [5.41, 5.74) is 5.92. The molecule has 1 aliphatic rings. The molecule has 0 saturated carbocycles. The van der Waals surface area contributed by atoms with Crippen LogP contribution in [-0.4, -0.2) is 32.7 Å². The molecule has 4 nitrogen and oxygen atoms in total. The second-order valence-electron chi connectivity index (χ2n) is 4.32. The van der Waals surface area contributed by atoms with E-state index in [9.17, 15) is 4.79 Å². The lowest BCUT2D eigenvalue weighted by Crippen LogP contribution is -2.58. The van der Waals surface area contributed by atoms with Crippen LogP contribution < -0.4 is 10.6 Å². The lowest BCUT2D eigenvalue weighted by Gasteiger charge is -2.41. The van der Waals surface area contributed by atoms with E-state index in [0.29, 0.717) is 24.8 Å². The number of hydrogen-bond acceptors (Lipinski definition) is 3. The average Bonchev–Trinajstić information content (AvgIpc) is 2.28. The highest BCUT2D eigenvalue weighted by atomic mass is 35.5. The van der Waals surface area contributed by atoms with Gasteiger partial charge < -0.3 is 15.4 Å². The van der Waals surface area contributed by atoms with Crippen LogP contribution in [0.3, 0.4) is 0 Å². The van der Waals surface area contributed by atoms with E-state index in [0.717, 1.165) is 5.69 Å². The molecular weight excluding hydrogens is 240 g/mol. The predicted octanol–water partition coefficient (Wildman–Crippen LogP) is 1.28. The number of nitrogens with zero attached hydrogens (tertiary/aromatic N) is 1. The molecule has 0 atom stereocenters. The van der Waals surface area contributed by atoms with E-state index in [2.05, 4.69) is 0 Å². The lowest BCUT2D eigenvalue weighted by atomic mass is 9.84. The van der Waals surface area contributed by atoms with E-state index in [-0.39, 0.29) is 5.91 Å². The van der Waals surface area contributed by atoms with Crippen molar-refractivity contribution in [3.05, 3.63) is 29.3 Å². The van der Waals surface area contributed by atoms with E-state index in [1.807, 2.05) is 12.1 Å². The molecule has 1 fully saturated rings. The summed E-state index contributed by atoms with van der Waals surface area (Å²) in [4.78, 5) is 13.9. The number of nitrogens with two attached hydrogens (primary N) is 1. The second kappa shape index (κ2) is 4.64. The van der Waals surface area contributed by atoms with Gasteiger partial charge in [0.05, 0.1) is 13.2 Å². The minimum Gasteiger partial charge on any atom is -0.379 e. The van der Waals surface area contributed by atoms with E-state index in [1.165, 1.54) is 0 Å². The minimum atomic E-state index is -0.547. The SMILES string of the molecule is CN(C(=O)C1(CN)COC1)c1ccc(Cl)cc1. The van der Waals surface area contributed by atoms with Crippen molar-refractivity contribution in [3.8, 4) is 0 Å². The zero-order valence-electron chi connectivity index (χ0n) is 9.65. The molecule has 0 aliphatic carbocycles. The monoisotopic (exact) mass is 254 g/mol. The Hall–Kier alpha value is -1.10. The molecule has 2 N–H and O–H groups in total. The first-order valence-corrected chi connectivity index (χ1v) is 5.78. The summed E-state index contributed by atoms with van der Waals surface area (Å²) < 4.78 is 5.11. The Morgan fingerprint density at radius 2 is 2.06 bits per heavy atom. The summed E-state index contributed by atoms with van der Waals surface area (Å²) in [6.45, 7) is 1.12. The van der Waals surface area contributed by atoms with Crippen LogP contribution in [0.1, 0.15) is 0 Å². The summed E-state index contributed by atoms with van der Waals surface area (Å²) >= 11 is 5.81. The van der Waals surface area contributed by atoms with Crippen LogP contribution in [0.25, 0.3) is 0 Å². The van der Waals surface area contributed by atoms with Gasteiger partial charge in [-0.15, -0.1) is 0 Å². The molecule has 92 valence electrons. The third-order valence-corrected chi connectivity index (χ3v) is 3.37. The largest absolute Gasteiger partial charge is 0.379 e. The van der Waals surface area contributed by atoms with E-state index in [1.54, 1.807) is 24.1 Å². The second-order valence-corrected chi connectivity index (χ2v) is 4.75. The van der Waals surface area contributed by atoms with Crippen molar-refractivity contribution in [1.29, 1.82) is 0 Å². The van der Waals surface area contributed by atoms with Gasteiger partial charge in [-0.2, -0.15) is 0 Å². The number of ether oxygens (including phenoxy) is 1. The molecule has 0 bridgehead atoms. The molecule has 1 aromatic carbocycles. The normalized spacial score (nSPS) is 17.4. The van der Waals surface area contributed by atoms with Gasteiger partial charge in [0.15, 0.2) is 0 Å². The van der Waals surface area contributed by atoms with Gasteiger partial charge >= 0.3 is 0 Å². The molecular formula is C12H15ClN2O2. The summed E-state index contributed by atoms with van der Waals surface area (Å²) in [5, 5.41) is 0.648. The topological polar surface area (TPSA) is 55.6 Å². The van der Waals surface area contributed by atoms with Gasteiger partial charge in [0.25, 0.3) is 0 Å². The third-order valence-electron chi connectivity index (χ3n) is 3.12. The number of benzene rings is 1. The molecule has 1 aliphatic heterocycles. The lowest BCUT2D eigenvalue weighted by molar-refractivity contribution is -0.156. The Labute approximate surface area is 105 Å². The van der Waals surface area contributed by atoms with Crippen molar-refractivity contribution >= 4 is 23.2 Å². The predicted molar refractivity (Wildman–Crippen MR) is 67.2 cm³/mol. The highest BCUT2D eigenvalue weighted by Crippen LogP contribution is 2.30. The summed E-state index contributed by atoms with van der Waals surface area (Å²) in [6, 6.07) is 7.13. The Bertz CT molecular complexity index is 410. The van der Waals surface area contributed by atoms with Crippen molar-refractivity contribution < 1.29 is 9.53 Å². The maximum Gasteiger partial charge on any atom is 0.238 e. The number of anilines is 1. The van der Waals surface area contributed by atoms with E-state index < -0.39 is 5.41 Å². The Morgan fingerprint density at radius 3 is 2.47 bits per heavy atom. The van der Waals surface area contributed by atoms with Gasteiger partial charge in [-0.1, -0.05) is 11.6 Å². The smallest absolute Gasteiger partial charge is 0.238 e. The molecule has 17 heavy (non-hydrogen) atoms. The highest BCUT2D eigenvalue weighted by molar-refractivity contribution is 6.30. The molecule has 1 heterocycles. The average molecular weight is 255 g/mol. The van der Waals surface area contributed by atoms with Gasteiger partial charge in [-0.3, -0.25) is 4.79 Å². The quantitative estimate of drug-likeness (QED) is 0.884. The maximum absolute atomic E-state index is 12.3. The first-order chi connectivity index (χ1) is 8.09. The molecule has 2 rings (SSSR count). The summed E-state index contributed by atoms with van der Waals surface area (Å²) in [7, 11) is 1.74. The number of hydrogen-bond donors (Lipinski definition) is 1. The van der Waals surface area contributed by atoms with Gasteiger partial charge in [-0.25, -0.2) is 0 Å². The number of carbonyl (C=O) groups excluding carboxylic acids is 1. The van der Waals surface area contributed by atoms with Crippen LogP contribution >= 0.6 is 11.6 Å². The Balaban J connectivity index is 2.17. The van der Waals surface area contributed by atoms with Crippen LogP contribution in [0.15, 0.2) is 24.3 Å². The summed E-state index contributed by atoms with van der Waals surface area (Å²) in [6.07, 6.45) is 0. The Kier molecular flexibility index (Phi) is 3.38. The van der Waals surface area contributed by atoms with Gasteiger partial charge in [0.1, 0.15) is 5.41 Å². The third kappa shape index (κ3) is 2.16. The van der Waals surface area contributed by atoms with Crippen molar-refractivity contribution in [1.82, 2.24) is 0 Å². The number of carbonyl (C=O) groups is 1. The number of amides is 1. The first-order valence-electron chi connectivity index (χ1n) is 5.41. The zero-order chi connectivity index (χ0) is 12.5. The highest BCUT2D eigenvalue weighted by Gasteiger charge is 2.46. The van der Waals surface area contributed by atoms with Crippen LogP contribution in [0.2, 0.25) is 5.02 Å². The molecule has 0 unspecified atom stereocenters. The number of rotatable bonds is 3. The fraction of sp³-hybridized carbons (Fsp3) is 0.417. The molecule has 1 amide bonds. The fourth-order valence-corrected chi connectivity index (χ4v) is 1.94. The van der Waals surface area contributed by atoms with Gasteiger partial charge in [-0.05, 0) is 24.3 Å². The minimum absolute atomic E-state index is 0.00595. The van der Waals surface area contributed by atoms with Crippen molar-refractivity contribution in [2.24, 2.45) is 11.1 Å². The van der Waals surface area contributed by atoms with Crippen molar-refractivity contribution in [3.63, 3.8) is 0 Å². The molecule has 0 radical (unpaired) electrons. The fourth-order valence-electron chi connectivity index (χ4n) is 1.81. The molecule has 1 saturated heterocycles. The van der Waals surface area contributed by atoms with Crippen LogP contribution in [-0.2, 0) is 9.53 Å². The van der Waals surface area contributed by atoms with Crippen LogP contribution in [0, 0.1) is 5.41 Å². The van der Waals surface area contributed by atoms with E-state index >= 15 is 0 Å². The van der Waals surface area contributed by atoms with Crippen LogP contribution in [0.4, 0.5) is 5.69 Å². The summed E-state index contributed by atoms with van der Waals surface area (Å²) in [5.74, 6) is -0.00595. The molecule has 1 aromatic rings. The molecule has 0 spiro atoms. The molecule has 0 aromatic heterocycles. The maximum atomic E-state index is 12.3.